The molecule has 0 atom stereocenters. The number of halogens is 2. The van der Waals surface area contributed by atoms with Gasteiger partial charge in [-0.3, -0.25) is 4.90 Å². The molecule has 4 heteroatoms. The molecule has 0 radical (unpaired) electrons. The molecule has 0 aliphatic carbocycles. The number of hydrogen-bond donors (Lipinski definition) is 1. The first kappa shape index (κ1) is 15.1. The van der Waals surface area contributed by atoms with E-state index in [9.17, 15) is 0 Å². The summed E-state index contributed by atoms with van der Waals surface area (Å²) in [5.41, 5.74) is 1.94. The van der Waals surface area contributed by atoms with Crippen molar-refractivity contribution in [2.75, 3.05) is 26.2 Å². The van der Waals surface area contributed by atoms with Crippen LogP contribution in [0.15, 0.2) is 24.3 Å². The molecule has 2 fully saturated rings. The molecule has 0 amide bonds. The van der Waals surface area contributed by atoms with Gasteiger partial charge in [0.25, 0.3) is 0 Å². The minimum Gasteiger partial charge on any atom is -0.317 e. The van der Waals surface area contributed by atoms with Crippen LogP contribution in [-0.2, 0) is 6.54 Å². The molecule has 1 N–H and O–H groups in total. The van der Waals surface area contributed by atoms with Crippen LogP contribution in [-0.4, -0.2) is 31.1 Å². The minimum absolute atomic E-state index is 0. The number of nitrogens with zero attached hydrogens (tertiary/aromatic N) is 1. The summed E-state index contributed by atoms with van der Waals surface area (Å²) >= 11 is 6.05. The fourth-order valence-corrected chi connectivity index (χ4v) is 3.63. The van der Waals surface area contributed by atoms with E-state index in [1.165, 1.54) is 51.0 Å². The molecule has 106 valence electrons. The van der Waals surface area contributed by atoms with Crippen LogP contribution in [0.3, 0.4) is 0 Å². The van der Waals surface area contributed by atoms with Gasteiger partial charge in [0.1, 0.15) is 0 Å². The highest BCUT2D eigenvalue weighted by Gasteiger charge is 2.38. The van der Waals surface area contributed by atoms with E-state index in [-0.39, 0.29) is 12.4 Å². The normalized spacial score (nSPS) is 22.4. The first-order valence-electron chi connectivity index (χ1n) is 6.93. The van der Waals surface area contributed by atoms with Gasteiger partial charge in [-0.25, -0.2) is 0 Å². The number of likely N-dealkylation sites (tertiary alicyclic amines) is 1. The van der Waals surface area contributed by atoms with Crippen molar-refractivity contribution in [3.63, 3.8) is 0 Å². The molecule has 0 unspecified atom stereocenters. The highest BCUT2D eigenvalue weighted by molar-refractivity contribution is 6.30. The van der Waals surface area contributed by atoms with Crippen molar-refractivity contribution in [1.82, 2.24) is 10.2 Å². The van der Waals surface area contributed by atoms with Gasteiger partial charge in [-0.15, -0.1) is 12.4 Å². The zero-order chi connectivity index (χ0) is 12.4. The molecule has 1 spiro atoms. The Hall–Kier alpha value is -0.280. The molecule has 2 aliphatic heterocycles. The summed E-state index contributed by atoms with van der Waals surface area (Å²) in [6.07, 6.45) is 4.06. The molecule has 3 rings (SSSR count). The number of piperidine rings is 1. The number of hydrogen-bond acceptors (Lipinski definition) is 2. The van der Waals surface area contributed by atoms with Crippen LogP contribution in [0.5, 0.6) is 0 Å². The Bertz CT molecular complexity index is 416. The summed E-state index contributed by atoms with van der Waals surface area (Å²) < 4.78 is 0. The Morgan fingerprint density at radius 2 is 2.00 bits per heavy atom. The van der Waals surface area contributed by atoms with Gasteiger partial charge in [-0.1, -0.05) is 23.7 Å². The second-order valence-electron chi connectivity index (χ2n) is 5.84. The van der Waals surface area contributed by atoms with Gasteiger partial charge in [0.05, 0.1) is 0 Å². The number of rotatable bonds is 2. The lowest BCUT2D eigenvalue weighted by molar-refractivity contribution is 0.194. The van der Waals surface area contributed by atoms with E-state index in [2.05, 4.69) is 22.3 Å². The first-order valence-corrected chi connectivity index (χ1v) is 7.31. The lowest BCUT2D eigenvalue weighted by atomic mass is 9.78. The van der Waals surface area contributed by atoms with E-state index in [1.807, 2.05) is 12.1 Å². The number of benzene rings is 1. The molecule has 2 nitrogen and oxygen atoms in total. The predicted octanol–water partition coefficient (Wildman–Crippen LogP) is 3.34. The maximum atomic E-state index is 6.05. The van der Waals surface area contributed by atoms with E-state index in [4.69, 9.17) is 11.6 Å². The van der Waals surface area contributed by atoms with Crippen LogP contribution < -0.4 is 5.32 Å². The van der Waals surface area contributed by atoms with Gasteiger partial charge in [0.15, 0.2) is 0 Å². The highest BCUT2D eigenvalue weighted by Crippen LogP contribution is 2.39. The molecule has 1 aromatic rings. The summed E-state index contributed by atoms with van der Waals surface area (Å²) in [4.78, 5) is 2.59. The third kappa shape index (κ3) is 3.63. The maximum absolute atomic E-state index is 6.05. The molecule has 0 aromatic heterocycles. The molecule has 2 heterocycles. The van der Waals surface area contributed by atoms with Crippen molar-refractivity contribution < 1.29 is 0 Å². The summed E-state index contributed by atoms with van der Waals surface area (Å²) in [5, 5.41) is 4.32. The van der Waals surface area contributed by atoms with Crippen LogP contribution >= 0.6 is 24.0 Å². The second kappa shape index (κ2) is 6.45. The van der Waals surface area contributed by atoms with Crippen molar-refractivity contribution in [1.29, 1.82) is 0 Å². The zero-order valence-electron chi connectivity index (χ0n) is 11.2. The molecule has 0 saturated carbocycles. The molecule has 1 aromatic carbocycles. The Labute approximate surface area is 126 Å². The van der Waals surface area contributed by atoms with E-state index in [0.29, 0.717) is 5.41 Å². The largest absolute Gasteiger partial charge is 0.317 e. The average Bonchev–Trinajstić information content (AvgIpc) is 2.73. The van der Waals surface area contributed by atoms with E-state index >= 15 is 0 Å². The topological polar surface area (TPSA) is 15.3 Å². The van der Waals surface area contributed by atoms with Crippen molar-refractivity contribution in [2.24, 2.45) is 5.41 Å². The number of nitrogens with one attached hydrogen (secondary N) is 1. The van der Waals surface area contributed by atoms with Crippen LogP contribution in [0, 0.1) is 5.41 Å². The van der Waals surface area contributed by atoms with E-state index in [1.54, 1.807) is 0 Å². The summed E-state index contributed by atoms with van der Waals surface area (Å²) in [7, 11) is 0. The zero-order valence-corrected chi connectivity index (χ0v) is 12.8. The summed E-state index contributed by atoms with van der Waals surface area (Å²) in [5.74, 6) is 0. The van der Waals surface area contributed by atoms with Crippen molar-refractivity contribution in [3.05, 3.63) is 34.9 Å². The minimum atomic E-state index is 0. The Morgan fingerprint density at radius 1 is 1.21 bits per heavy atom. The van der Waals surface area contributed by atoms with Gasteiger partial charge in [0, 0.05) is 18.1 Å². The third-order valence-corrected chi connectivity index (χ3v) is 4.71. The van der Waals surface area contributed by atoms with Crippen molar-refractivity contribution in [3.8, 4) is 0 Å². The van der Waals surface area contributed by atoms with Gasteiger partial charge in [-0.2, -0.15) is 0 Å². The van der Waals surface area contributed by atoms with Crippen LogP contribution in [0.25, 0.3) is 0 Å². The molecular formula is C15H22Cl2N2. The Kier molecular flexibility index (Phi) is 5.13. The second-order valence-corrected chi connectivity index (χ2v) is 6.28. The summed E-state index contributed by atoms with van der Waals surface area (Å²) in [6.45, 7) is 5.96. The van der Waals surface area contributed by atoms with Crippen LogP contribution in [0.4, 0.5) is 0 Å². The molecule has 2 saturated heterocycles. The quantitative estimate of drug-likeness (QED) is 0.901. The van der Waals surface area contributed by atoms with Gasteiger partial charge in [0.2, 0.25) is 0 Å². The van der Waals surface area contributed by atoms with Gasteiger partial charge >= 0.3 is 0 Å². The highest BCUT2D eigenvalue weighted by atomic mass is 35.5. The Morgan fingerprint density at radius 3 is 2.74 bits per heavy atom. The molecule has 0 bridgehead atoms. The smallest absolute Gasteiger partial charge is 0.0409 e. The van der Waals surface area contributed by atoms with E-state index in [0.717, 1.165) is 11.6 Å². The van der Waals surface area contributed by atoms with Crippen molar-refractivity contribution in [2.45, 2.75) is 25.8 Å². The summed E-state index contributed by atoms with van der Waals surface area (Å²) in [6, 6.07) is 8.27. The average molecular weight is 301 g/mol. The molecular weight excluding hydrogens is 279 g/mol. The maximum Gasteiger partial charge on any atom is 0.0409 e. The fraction of sp³-hybridized carbons (Fsp3) is 0.600. The third-order valence-electron chi connectivity index (χ3n) is 4.48. The van der Waals surface area contributed by atoms with Crippen molar-refractivity contribution >= 4 is 24.0 Å². The fourth-order valence-electron chi connectivity index (χ4n) is 3.42. The monoisotopic (exact) mass is 300 g/mol. The van der Waals surface area contributed by atoms with Gasteiger partial charge < -0.3 is 5.32 Å². The SMILES string of the molecule is Cl.Clc1cccc(CN2CCC3(CCNCC3)C2)c1. The molecule has 19 heavy (non-hydrogen) atoms. The lowest BCUT2D eigenvalue weighted by Gasteiger charge is -2.33. The Balaban J connectivity index is 0.00000133. The lowest BCUT2D eigenvalue weighted by Crippen LogP contribution is -2.38. The van der Waals surface area contributed by atoms with Crippen LogP contribution in [0.2, 0.25) is 5.02 Å². The first-order chi connectivity index (χ1) is 8.76. The predicted molar refractivity (Wildman–Crippen MR) is 83.1 cm³/mol. The molecule has 2 aliphatic rings. The van der Waals surface area contributed by atoms with Gasteiger partial charge in [-0.05, 0) is 62.0 Å². The van der Waals surface area contributed by atoms with E-state index < -0.39 is 0 Å². The van der Waals surface area contributed by atoms with Crippen LogP contribution in [0.1, 0.15) is 24.8 Å². The standard InChI is InChI=1S/C15H21ClN2.ClH/c16-14-3-1-2-13(10-14)11-18-9-6-15(12-18)4-7-17-8-5-15;/h1-3,10,17H,4-9,11-12H2;1H.